The molecule has 0 radical (unpaired) electrons. The van der Waals surface area contributed by atoms with Crippen LogP contribution in [0.3, 0.4) is 0 Å². The number of amides is 2. The second-order valence-corrected chi connectivity index (χ2v) is 10.1. The van der Waals surface area contributed by atoms with Gasteiger partial charge in [-0.1, -0.05) is 66.7 Å². The van der Waals surface area contributed by atoms with Crippen LogP contribution >= 0.6 is 0 Å². The van der Waals surface area contributed by atoms with Crippen molar-refractivity contribution < 1.29 is 18.0 Å². The van der Waals surface area contributed by atoms with Gasteiger partial charge < -0.3 is 10.2 Å². The van der Waals surface area contributed by atoms with E-state index in [1.54, 1.807) is 19.1 Å². The maximum absolute atomic E-state index is 13.5. The average molecular weight is 482 g/mol. The van der Waals surface area contributed by atoms with Gasteiger partial charge in [0.25, 0.3) is 0 Å². The molecule has 3 aromatic carbocycles. The van der Waals surface area contributed by atoms with Crippen LogP contribution in [0.1, 0.15) is 19.4 Å². The number of sulfonamides is 1. The summed E-state index contributed by atoms with van der Waals surface area (Å²) in [6, 6.07) is 21.7. The Balaban J connectivity index is 1.93. The van der Waals surface area contributed by atoms with E-state index in [0.717, 1.165) is 26.9 Å². The molecule has 8 heteroatoms. The van der Waals surface area contributed by atoms with E-state index in [0.29, 0.717) is 18.7 Å². The van der Waals surface area contributed by atoms with Crippen molar-refractivity contribution in [2.75, 3.05) is 30.2 Å². The van der Waals surface area contributed by atoms with Crippen LogP contribution in [-0.2, 0) is 26.0 Å². The number of nitrogens with one attached hydrogen (secondary N) is 1. The first-order valence-corrected chi connectivity index (χ1v) is 13.1. The monoisotopic (exact) mass is 481 g/mol. The fourth-order valence-corrected chi connectivity index (χ4v) is 4.77. The Hall–Kier alpha value is -3.39. The fourth-order valence-electron chi connectivity index (χ4n) is 3.91. The third-order valence-corrected chi connectivity index (χ3v) is 6.84. The molecule has 1 N–H and O–H groups in total. The number of rotatable bonds is 10. The quantitative estimate of drug-likeness (QED) is 0.482. The van der Waals surface area contributed by atoms with Crippen molar-refractivity contribution in [3.63, 3.8) is 0 Å². The van der Waals surface area contributed by atoms with Crippen molar-refractivity contribution >= 4 is 38.3 Å². The summed E-state index contributed by atoms with van der Waals surface area (Å²) in [7, 11) is -3.78. The zero-order chi connectivity index (χ0) is 24.7. The molecule has 0 unspecified atom stereocenters. The number of nitrogens with zero attached hydrogens (tertiary/aromatic N) is 2. The number of likely N-dealkylation sites (N-methyl/N-ethyl adjacent to an activating group) is 1. The van der Waals surface area contributed by atoms with Crippen LogP contribution in [0.2, 0.25) is 0 Å². The first-order valence-electron chi connectivity index (χ1n) is 11.3. The van der Waals surface area contributed by atoms with E-state index >= 15 is 0 Å². The summed E-state index contributed by atoms with van der Waals surface area (Å²) in [5.74, 6) is -0.715. The number of fused-ring (bicyclic) bond motifs is 1. The third kappa shape index (κ3) is 6.14. The van der Waals surface area contributed by atoms with Crippen molar-refractivity contribution in [2.24, 2.45) is 0 Å². The van der Waals surface area contributed by atoms with Crippen LogP contribution in [0, 0.1) is 0 Å². The van der Waals surface area contributed by atoms with Gasteiger partial charge in [-0.3, -0.25) is 13.9 Å². The second-order valence-electron chi connectivity index (χ2n) is 8.16. The molecule has 0 aliphatic carbocycles. The molecular weight excluding hydrogens is 450 g/mol. The van der Waals surface area contributed by atoms with E-state index in [1.165, 1.54) is 4.90 Å². The summed E-state index contributed by atoms with van der Waals surface area (Å²) in [4.78, 5) is 27.6. The smallest absolute Gasteiger partial charge is 0.244 e. The third-order valence-electron chi connectivity index (χ3n) is 5.72. The number of hydrogen-bond donors (Lipinski definition) is 1. The minimum atomic E-state index is -3.78. The molecule has 0 fully saturated rings. The van der Waals surface area contributed by atoms with Gasteiger partial charge in [0.2, 0.25) is 21.8 Å². The molecule has 34 heavy (non-hydrogen) atoms. The maximum Gasteiger partial charge on any atom is 0.244 e. The highest BCUT2D eigenvalue weighted by Gasteiger charge is 2.30. The van der Waals surface area contributed by atoms with Gasteiger partial charge in [-0.05, 0) is 37.3 Å². The zero-order valence-corrected chi connectivity index (χ0v) is 20.6. The molecule has 0 saturated heterocycles. The van der Waals surface area contributed by atoms with E-state index in [9.17, 15) is 18.0 Å². The highest BCUT2D eigenvalue weighted by molar-refractivity contribution is 7.92. The van der Waals surface area contributed by atoms with Crippen molar-refractivity contribution in [3.8, 4) is 0 Å². The summed E-state index contributed by atoms with van der Waals surface area (Å²) < 4.78 is 26.7. The zero-order valence-electron chi connectivity index (χ0n) is 19.8. The number of benzene rings is 3. The van der Waals surface area contributed by atoms with E-state index in [1.807, 2.05) is 67.6 Å². The lowest BCUT2D eigenvalue weighted by molar-refractivity contribution is -0.138. The van der Waals surface area contributed by atoms with Gasteiger partial charge in [0, 0.05) is 18.5 Å². The van der Waals surface area contributed by atoms with Crippen molar-refractivity contribution in [1.29, 1.82) is 0 Å². The Bertz CT molecular complexity index is 1240. The molecule has 0 bridgehead atoms. The van der Waals surface area contributed by atoms with Crippen LogP contribution < -0.4 is 9.62 Å². The van der Waals surface area contributed by atoms with Crippen molar-refractivity contribution in [1.82, 2.24) is 10.2 Å². The van der Waals surface area contributed by atoms with E-state index in [-0.39, 0.29) is 12.5 Å². The van der Waals surface area contributed by atoms with Crippen LogP contribution in [0.25, 0.3) is 10.8 Å². The van der Waals surface area contributed by atoms with Crippen LogP contribution in [0.5, 0.6) is 0 Å². The molecule has 7 nitrogen and oxygen atoms in total. The van der Waals surface area contributed by atoms with Gasteiger partial charge in [-0.2, -0.15) is 0 Å². The van der Waals surface area contributed by atoms with Gasteiger partial charge >= 0.3 is 0 Å². The summed E-state index contributed by atoms with van der Waals surface area (Å²) in [5, 5.41) is 4.36. The molecule has 0 heterocycles. The van der Waals surface area contributed by atoms with Gasteiger partial charge in [0.05, 0.1) is 11.9 Å². The summed E-state index contributed by atoms with van der Waals surface area (Å²) >= 11 is 0. The van der Waals surface area contributed by atoms with E-state index in [4.69, 9.17) is 0 Å². The number of carbonyl (C=O) groups excluding carboxylic acids is 2. The van der Waals surface area contributed by atoms with Gasteiger partial charge in [-0.25, -0.2) is 8.42 Å². The normalized spacial score (nSPS) is 12.2. The molecule has 3 aromatic rings. The van der Waals surface area contributed by atoms with Crippen molar-refractivity contribution in [2.45, 2.75) is 26.3 Å². The molecule has 0 aliphatic heterocycles. The maximum atomic E-state index is 13.5. The SMILES string of the molecule is CCNC(=O)[C@H](C)N(CCc1ccccc1)C(=O)CN(c1cccc2ccccc12)S(C)(=O)=O. The standard InChI is InChI=1S/C26H31N3O4S/c1-4-27-26(31)20(2)28(18-17-21-11-6-5-7-12-21)25(30)19-29(34(3,32)33)24-16-10-14-22-13-8-9-15-23(22)24/h5-16,20H,4,17-19H2,1-3H3,(H,27,31)/t20-/m0/s1. The van der Waals surface area contributed by atoms with Crippen molar-refractivity contribution in [3.05, 3.63) is 78.4 Å². The van der Waals surface area contributed by atoms with Crippen LogP contribution in [0.15, 0.2) is 72.8 Å². The molecule has 0 aliphatic rings. The summed E-state index contributed by atoms with van der Waals surface area (Å²) in [6.07, 6.45) is 1.63. The van der Waals surface area contributed by atoms with E-state index in [2.05, 4.69) is 5.32 Å². The Morgan fingerprint density at radius 2 is 1.59 bits per heavy atom. The number of hydrogen-bond acceptors (Lipinski definition) is 4. The molecule has 0 spiro atoms. The molecule has 2 amide bonds. The Labute approximate surface area is 201 Å². The summed E-state index contributed by atoms with van der Waals surface area (Å²) in [5.41, 5.74) is 1.46. The predicted octanol–water partition coefficient (Wildman–Crippen LogP) is 3.20. The number of carbonyl (C=O) groups is 2. The van der Waals surface area contributed by atoms with Gasteiger partial charge in [-0.15, -0.1) is 0 Å². The van der Waals surface area contributed by atoms with Gasteiger partial charge in [0.15, 0.2) is 0 Å². The summed E-state index contributed by atoms with van der Waals surface area (Å²) in [6.45, 7) is 3.80. The topological polar surface area (TPSA) is 86.8 Å². The molecule has 0 aromatic heterocycles. The molecule has 1 atom stereocenters. The second kappa shape index (κ2) is 11.2. The Morgan fingerprint density at radius 3 is 2.26 bits per heavy atom. The lowest BCUT2D eigenvalue weighted by Gasteiger charge is -2.31. The highest BCUT2D eigenvalue weighted by Crippen LogP contribution is 2.28. The van der Waals surface area contributed by atoms with Crippen LogP contribution in [-0.4, -0.2) is 57.1 Å². The minimum absolute atomic E-state index is 0.278. The average Bonchev–Trinajstić information content (AvgIpc) is 2.82. The first kappa shape index (κ1) is 25.2. The predicted molar refractivity (Wildman–Crippen MR) is 136 cm³/mol. The molecule has 0 saturated carbocycles. The molecular formula is C26H31N3O4S. The minimum Gasteiger partial charge on any atom is -0.355 e. The first-order chi connectivity index (χ1) is 16.2. The molecule has 180 valence electrons. The number of anilines is 1. The Morgan fingerprint density at radius 1 is 0.941 bits per heavy atom. The van der Waals surface area contributed by atoms with E-state index < -0.39 is 28.5 Å². The lowest BCUT2D eigenvalue weighted by atomic mass is 10.1. The molecule has 3 rings (SSSR count). The Kier molecular flexibility index (Phi) is 8.28. The lowest BCUT2D eigenvalue weighted by Crippen LogP contribution is -2.52. The fraction of sp³-hybridized carbons (Fsp3) is 0.308. The highest BCUT2D eigenvalue weighted by atomic mass is 32.2. The van der Waals surface area contributed by atoms with Crippen LogP contribution in [0.4, 0.5) is 5.69 Å². The van der Waals surface area contributed by atoms with Gasteiger partial charge in [0.1, 0.15) is 12.6 Å². The largest absolute Gasteiger partial charge is 0.355 e.